The number of aryl methyl sites for hydroxylation is 2. The third kappa shape index (κ3) is 2.09. The summed E-state index contributed by atoms with van der Waals surface area (Å²) in [6, 6.07) is 2.27. The maximum Gasteiger partial charge on any atom is 0.0946 e. The molecule has 0 fully saturated rings. The molecule has 0 bridgehead atoms. The number of nitrogens with zero attached hydrogens (tertiary/aromatic N) is 3. The van der Waals surface area contributed by atoms with E-state index in [1.165, 1.54) is 30.6 Å². The zero-order valence-corrected chi connectivity index (χ0v) is 10.9. The monoisotopic (exact) mass is 247 g/mol. The molecule has 3 heterocycles. The van der Waals surface area contributed by atoms with E-state index < -0.39 is 0 Å². The van der Waals surface area contributed by atoms with Crippen LogP contribution in [-0.4, -0.2) is 16.1 Å². The molecule has 0 aromatic carbocycles. The quantitative estimate of drug-likeness (QED) is 0.813. The van der Waals surface area contributed by atoms with Crippen LogP contribution in [0.1, 0.15) is 23.4 Å². The first-order valence-corrected chi connectivity index (χ1v) is 6.99. The molecule has 0 spiro atoms. The molecule has 4 heteroatoms. The zero-order chi connectivity index (χ0) is 11.7. The minimum absolute atomic E-state index is 0.972. The van der Waals surface area contributed by atoms with Gasteiger partial charge < -0.3 is 9.47 Å². The zero-order valence-electron chi connectivity index (χ0n) is 10.1. The molecule has 0 radical (unpaired) electrons. The second-order valence-electron chi connectivity index (χ2n) is 4.60. The lowest BCUT2D eigenvalue weighted by Crippen LogP contribution is -2.24. The fraction of sp³-hybridized carbons (Fsp3) is 0.462. The molecule has 2 aromatic heterocycles. The first kappa shape index (κ1) is 10.8. The van der Waals surface area contributed by atoms with Crippen molar-refractivity contribution in [2.75, 3.05) is 11.4 Å². The van der Waals surface area contributed by atoms with E-state index in [0.717, 1.165) is 13.1 Å². The van der Waals surface area contributed by atoms with Crippen LogP contribution in [0, 0.1) is 0 Å². The Morgan fingerprint density at radius 3 is 3.18 bits per heavy atom. The Labute approximate surface area is 106 Å². The fourth-order valence-corrected chi connectivity index (χ4v) is 3.35. The minimum Gasteiger partial charge on any atom is -0.365 e. The second-order valence-corrected chi connectivity index (χ2v) is 5.60. The molecule has 17 heavy (non-hydrogen) atoms. The van der Waals surface area contributed by atoms with Gasteiger partial charge in [-0.15, -0.1) is 11.3 Å². The Hall–Kier alpha value is -1.29. The summed E-state index contributed by atoms with van der Waals surface area (Å²) in [6.45, 7) is 2.13. The lowest BCUT2D eigenvalue weighted by Gasteiger charge is -2.23. The van der Waals surface area contributed by atoms with E-state index >= 15 is 0 Å². The average Bonchev–Trinajstić information content (AvgIpc) is 2.89. The van der Waals surface area contributed by atoms with Gasteiger partial charge >= 0.3 is 0 Å². The van der Waals surface area contributed by atoms with Crippen molar-refractivity contribution in [2.45, 2.75) is 25.8 Å². The first-order valence-electron chi connectivity index (χ1n) is 6.11. The van der Waals surface area contributed by atoms with Crippen LogP contribution in [0.2, 0.25) is 0 Å². The molecule has 0 saturated carbocycles. The van der Waals surface area contributed by atoms with Gasteiger partial charge in [0.2, 0.25) is 0 Å². The van der Waals surface area contributed by atoms with Crippen molar-refractivity contribution in [1.82, 2.24) is 9.55 Å². The number of hydrogen-bond acceptors (Lipinski definition) is 3. The smallest absolute Gasteiger partial charge is 0.0946 e. The number of imidazole rings is 1. The highest BCUT2D eigenvalue weighted by molar-refractivity contribution is 7.10. The summed E-state index contributed by atoms with van der Waals surface area (Å²) < 4.78 is 2.11. The molecule has 0 unspecified atom stereocenters. The summed E-state index contributed by atoms with van der Waals surface area (Å²) >= 11 is 1.90. The highest BCUT2D eigenvalue weighted by Gasteiger charge is 2.17. The van der Waals surface area contributed by atoms with E-state index in [0.29, 0.717) is 0 Å². The predicted octanol–water partition coefficient (Wildman–Crippen LogP) is 2.82. The summed E-state index contributed by atoms with van der Waals surface area (Å²) in [7, 11) is 2.06. The van der Waals surface area contributed by atoms with Crippen LogP contribution >= 0.6 is 11.3 Å². The second kappa shape index (κ2) is 4.53. The van der Waals surface area contributed by atoms with Crippen LogP contribution in [0.15, 0.2) is 24.0 Å². The Morgan fingerprint density at radius 2 is 2.35 bits per heavy atom. The van der Waals surface area contributed by atoms with E-state index in [1.54, 1.807) is 4.88 Å². The van der Waals surface area contributed by atoms with Gasteiger partial charge in [0.1, 0.15) is 0 Å². The first-order chi connectivity index (χ1) is 8.34. The fourth-order valence-electron chi connectivity index (χ4n) is 2.41. The highest BCUT2D eigenvalue weighted by atomic mass is 32.1. The number of rotatable bonds is 2. The molecule has 90 valence electrons. The van der Waals surface area contributed by atoms with Crippen molar-refractivity contribution >= 4 is 17.0 Å². The van der Waals surface area contributed by atoms with Gasteiger partial charge in [0.15, 0.2) is 0 Å². The van der Waals surface area contributed by atoms with E-state index in [9.17, 15) is 0 Å². The highest BCUT2D eigenvalue weighted by Crippen LogP contribution is 2.31. The number of aromatic nitrogens is 2. The van der Waals surface area contributed by atoms with Crippen LogP contribution in [0.4, 0.5) is 5.69 Å². The molecule has 0 aliphatic carbocycles. The molecule has 3 rings (SSSR count). The summed E-state index contributed by atoms with van der Waals surface area (Å²) in [5.41, 5.74) is 2.72. The van der Waals surface area contributed by atoms with E-state index in [1.807, 2.05) is 23.9 Å². The molecule has 0 atom stereocenters. The summed E-state index contributed by atoms with van der Waals surface area (Å²) in [6.07, 6.45) is 7.70. The van der Waals surface area contributed by atoms with Crippen molar-refractivity contribution in [2.24, 2.45) is 7.05 Å². The van der Waals surface area contributed by atoms with Crippen LogP contribution in [0.3, 0.4) is 0 Å². The average molecular weight is 247 g/mol. The SMILES string of the molecule is Cn1cncc1CN1CCCCc2sccc21. The Balaban J connectivity index is 1.86. The Morgan fingerprint density at radius 1 is 1.41 bits per heavy atom. The van der Waals surface area contributed by atoms with Gasteiger partial charge in [-0.2, -0.15) is 0 Å². The summed E-state index contributed by atoms with van der Waals surface area (Å²) in [4.78, 5) is 8.24. The van der Waals surface area contributed by atoms with Gasteiger partial charge in [-0.25, -0.2) is 4.98 Å². The maximum absolute atomic E-state index is 4.19. The predicted molar refractivity (Wildman–Crippen MR) is 71.5 cm³/mol. The van der Waals surface area contributed by atoms with Crippen molar-refractivity contribution in [3.05, 3.63) is 34.5 Å². The molecular formula is C13H17N3S. The van der Waals surface area contributed by atoms with Crippen LogP contribution in [0.5, 0.6) is 0 Å². The van der Waals surface area contributed by atoms with Crippen molar-refractivity contribution < 1.29 is 0 Å². The van der Waals surface area contributed by atoms with Gasteiger partial charge in [0, 0.05) is 24.7 Å². The van der Waals surface area contributed by atoms with Crippen molar-refractivity contribution in [3.8, 4) is 0 Å². The molecule has 3 nitrogen and oxygen atoms in total. The Kier molecular flexibility index (Phi) is 2.89. The number of thiophene rings is 1. The molecule has 0 N–H and O–H groups in total. The van der Waals surface area contributed by atoms with Gasteiger partial charge in [0.25, 0.3) is 0 Å². The van der Waals surface area contributed by atoms with Crippen LogP contribution in [0.25, 0.3) is 0 Å². The number of hydrogen-bond donors (Lipinski definition) is 0. The minimum atomic E-state index is 0.972. The molecule has 1 aliphatic rings. The normalized spacial score (nSPS) is 15.7. The lowest BCUT2D eigenvalue weighted by atomic mass is 10.2. The number of fused-ring (bicyclic) bond motifs is 1. The molecule has 1 aliphatic heterocycles. The Bertz CT molecular complexity index is 500. The summed E-state index contributed by atoms with van der Waals surface area (Å²) in [5, 5.41) is 2.21. The standard InChI is InChI=1S/C13H17N3S/c1-15-10-14-8-11(15)9-16-6-3-2-4-13-12(16)5-7-17-13/h5,7-8,10H,2-4,6,9H2,1H3. The van der Waals surface area contributed by atoms with Gasteiger partial charge in [-0.05, 0) is 30.7 Å². The topological polar surface area (TPSA) is 21.1 Å². The maximum atomic E-state index is 4.19. The molecule has 2 aromatic rings. The molecular weight excluding hydrogens is 230 g/mol. The molecule has 0 amide bonds. The van der Waals surface area contributed by atoms with Crippen molar-refractivity contribution in [3.63, 3.8) is 0 Å². The third-order valence-corrected chi connectivity index (χ3v) is 4.38. The van der Waals surface area contributed by atoms with Gasteiger partial charge in [-0.1, -0.05) is 0 Å². The van der Waals surface area contributed by atoms with Gasteiger partial charge in [-0.3, -0.25) is 0 Å². The molecule has 0 saturated heterocycles. The van der Waals surface area contributed by atoms with Crippen LogP contribution in [-0.2, 0) is 20.0 Å². The van der Waals surface area contributed by atoms with E-state index in [-0.39, 0.29) is 0 Å². The third-order valence-electron chi connectivity index (χ3n) is 3.41. The van der Waals surface area contributed by atoms with E-state index in [4.69, 9.17) is 0 Å². The number of anilines is 1. The van der Waals surface area contributed by atoms with E-state index in [2.05, 4.69) is 32.9 Å². The lowest BCUT2D eigenvalue weighted by molar-refractivity contribution is 0.692. The largest absolute Gasteiger partial charge is 0.365 e. The van der Waals surface area contributed by atoms with Crippen LogP contribution < -0.4 is 4.90 Å². The summed E-state index contributed by atoms with van der Waals surface area (Å²) in [5.74, 6) is 0. The van der Waals surface area contributed by atoms with Crippen molar-refractivity contribution in [1.29, 1.82) is 0 Å². The van der Waals surface area contributed by atoms with Gasteiger partial charge in [0.05, 0.1) is 24.3 Å².